The molecule has 2 rings (SSSR count). The van der Waals surface area contributed by atoms with Crippen LogP contribution < -0.4 is 0 Å². The minimum atomic E-state index is -0.313. The maximum Gasteiger partial charge on any atom is 0.170 e. The summed E-state index contributed by atoms with van der Waals surface area (Å²) in [6, 6.07) is 0.763. The maximum atomic E-state index is 5.94. The fraction of sp³-hybridized carbons (Fsp3) is 1.00. The summed E-state index contributed by atoms with van der Waals surface area (Å²) in [4.78, 5) is 2.67. The first-order chi connectivity index (χ1) is 10.7. The van der Waals surface area contributed by atoms with Crippen molar-refractivity contribution in [3.63, 3.8) is 0 Å². The molecule has 0 radical (unpaired) electrons. The van der Waals surface area contributed by atoms with Crippen LogP contribution in [0.15, 0.2) is 0 Å². The normalized spacial score (nSPS) is 29.6. The van der Waals surface area contributed by atoms with Gasteiger partial charge in [0, 0.05) is 58.4 Å². The molecule has 0 amide bonds. The zero-order chi connectivity index (χ0) is 15.8. The van der Waals surface area contributed by atoms with Gasteiger partial charge < -0.3 is 14.2 Å². The van der Waals surface area contributed by atoms with Gasteiger partial charge in [0.2, 0.25) is 0 Å². The van der Waals surface area contributed by atoms with E-state index < -0.39 is 0 Å². The SMILES string of the molecule is CCOCC1CCC(N2CCC(OCC)(OCC)CC2)CC1. The van der Waals surface area contributed by atoms with Gasteiger partial charge in [-0.05, 0) is 52.4 Å². The van der Waals surface area contributed by atoms with E-state index in [1.165, 1.54) is 25.7 Å². The Labute approximate surface area is 136 Å². The Hall–Kier alpha value is -0.160. The van der Waals surface area contributed by atoms with E-state index in [1.807, 2.05) is 0 Å². The van der Waals surface area contributed by atoms with Crippen molar-refractivity contribution in [2.24, 2.45) is 5.92 Å². The maximum absolute atomic E-state index is 5.94. The third kappa shape index (κ3) is 4.92. The van der Waals surface area contributed by atoms with Gasteiger partial charge >= 0.3 is 0 Å². The Bertz CT molecular complexity index is 287. The molecule has 1 saturated carbocycles. The first-order valence-electron chi connectivity index (χ1n) is 9.32. The molecule has 0 unspecified atom stereocenters. The molecule has 22 heavy (non-hydrogen) atoms. The van der Waals surface area contributed by atoms with Crippen molar-refractivity contribution in [2.45, 2.75) is 71.1 Å². The van der Waals surface area contributed by atoms with Crippen LogP contribution in [0.1, 0.15) is 59.3 Å². The van der Waals surface area contributed by atoms with Crippen molar-refractivity contribution in [2.75, 3.05) is 39.5 Å². The highest BCUT2D eigenvalue weighted by Crippen LogP contribution is 2.33. The Morgan fingerprint density at radius 3 is 1.95 bits per heavy atom. The van der Waals surface area contributed by atoms with Crippen molar-refractivity contribution >= 4 is 0 Å². The van der Waals surface area contributed by atoms with Gasteiger partial charge in [-0.25, -0.2) is 0 Å². The van der Waals surface area contributed by atoms with E-state index in [2.05, 4.69) is 25.7 Å². The Kier molecular flexibility index (Phi) is 7.61. The standard InChI is InChI=1S/C18H35NO3/c1-4-20-15-16-7-9-17(10-8-16)19-13-11-18(12-14-19,21-5-2)22-6-3/h16-17H,4-15H2,1-3H3. The quantitative estimate of drug-likeness (QED) is 0.642. The molecular weight excluding hydrogens is 278 g/mol. The summed E-state index contributed by atoms with van der Waals surface area (Å²) in [6.45, 7) is 11.7. The van der Waals surface area contributed by atoms with Crippen molar-refractivity contribution in [3.8, 4) is 0 Å². The van der Waals surface area contributed by atoms with Gasteiger partial charge in [0.1, 0.15) is 0 Å². The summed E-state index contributed by atoms with van der Waals surface area (Å²) in [5, 5.41) is 0. The van der Waals surface area contributed by atoms with Crippen molar-refractivity contribution in [3.05, 3.63) is 0 Å². The van der Waals surface area contributed by atoms with E-state index in [4.69, 9.17) is 14.2 Å². The minimum Gasteiger partial charge on any atom is -0.381 e. The number of ether oxygens (including phenoxy) is 3. The average molecular weight is 313 g/mol. The number of piperidine rings is 1. The van der Waals surface area contributed by atoms with E-state index in [-0.39, 0.29) is 5.79 Å². The fourth-order valence-corrected chi connectivity index (χ4v) is 4.05. The smallest absolute Gasteiger partial charge is 0.170 e. The Balaban J connectivity index is 1.75. The summed E-state index contributed by atoms with van der Waals surface area (Å²) < 4.78 is 17.5. The van der Waals surface area contributed by atoms with Crippen LogP contribution >= 0.6 is 0 Å². The molecule has 0 aromatic heterocycles. The molecule has 0 spiro atoms. The Morgan fingerprint density at radius 2 is 1.45 bits per heavy atom. The van der Waals surface area contributed by atoms with Gasteiger partial charge in [0.05, 0.1) is 0 Å². The minimum absolute atomic E-state index is 0.313. The molecule has 2 fully saturated rings. The molecule has 0 aromatic rings. The summed E-state index contributed by atoms with van der Waals surface area (Å²) in [6.07, 6.45) is 7.32. The van der Waals surface area contributed by atoms with Gasteiger partial charge in [-0.3, -0.25) is 4.90 Å². The second kappa shape index (κ2) is 9.21. The molecular formula is C18H35NO3. The van der Waals surface area contributed by atoms with Crippen molar-refractivity contribution in [1.29, 1.82) is 0 Å². The molecule has 4 nitrogen and oxygen atoms in total. The zero-order valence-corrected chi connectivity index (χ0v) is 14.8. The predicted molar refractivity (Wildman–Crippen MR) is 89.0 cm³/mol. The van der Waals surface area contributed by atoms with Crippen LogP contribution in [0.5, 0.6) is 0 Å². The summed E-state index contributed by atoms with van der Waals surface area (Å²) in [7, 11) is 0. The predicted octanol–water partition coefficient (Wildman–Crippen LogP) is 3.45. The molecule has 0 aromatic carbocycles. The van der Waals surface area contributed by atoms with E-state index in [1.54, 1.807) is 0 Å². The first kappa shape index (κ1) is 18.2. The highest BCUT2D eigenvalue weighted by Gasteiger charge is 2.38. The number of hydrogen-bond donors (Lipinski definition) is 0. The lowest BCUT2D eigenvalue weighted by atomic mass is 9.85. The molecule has 0 atom stereocenters. The molecule has 4 heteroatoms. The molecule has 1 aliphatic heterocycles. The van der Waals surface area contributed by atoms with Crippen LogP contribution in [-0.2, 0) is 14.2 Å². The van der Waals surface area contributed by atoms with Gasteiger partial charge in [0.25, 0.3) is 0 Å². The lowest BCUT2D eigenvalue weighted by molar-refractivity contribution is -0.255. The number of nitrogens with zero attached hydrogens (tertiary/aromatic N) is 1. The summed E-state index contributed by atoms with van der Waals surface area (Å²) >= 11 is 0. The molecule has 130 valence electrons. The second-order valence-electron chi connectivity index (χ2n) is 6.65. The fourth-order valence-electron chi connectivity index (χ4n) is 4.05. The van der Waals surface area contributed by atoms with E-state index in [9.17, 15) is 0 Å². The monoisotopic (exact) mass is 313 g/mol. The topological polar surface area (TPSA) is 30.9 Å². The number of hydrogen-bond acceptors (Lipinski definition) is 4. The van der Waals surface area contributed by atoms with E-state index in [0.717, 1.165) is 64.3 Å². The number of rotatable bonds is 8. The Morgan fingerprint density at radius 1 is 0.864 bits per heavy atom. The van der Waals surface area contributed by atoms with Crippen LogP contribution in [0.4, 0.5) is 0 Å². The van der Waals surface area contributed by atoms with Crippen molar-refractivity contribution < 1.29 is 14.2 Å². The van der Waals surface area contributed by atoms with Gasteiger partial charge in [0.15, 0.2) is 5.79 Å². The van der Waals surface area contributed by atoms with E-state index in [0.29, 0.717) is 0 Å². The summed E-state index contributed by atoms with van der Waals surface area (Å²) in [5.74, 6) is 0.471. The largest absolute Gasteiger partial charge is 0.381 e. The summed E-state index contributed by atoms with van der Waals surface area (Å²) in [5.41, 5.74) is 0. The molecule has 0 N–H and O–H groups in total. The lowest BCUT2D eigenvalue weighted by Crippen LogP contribution is -2.51. The molecule has 1 heterocycles. The zero-order valence-electron chi connectivity index (χ0n) is 14.8. The lowest BCUT2D eigenvalue weighted by Gasteiger charge is -2.45. The molecule has 2 aliphatic rings. The molecule has 1 aliphatic carbocycles. The third-order valence-electron chi connectivity index (χ3n) is 5.26. The van der Waals surface area contributed by atoms with Crippen LogP contribution in [0.2, 0.25) is 0 Å². The third-order valence-corrected chi connectivity index (χ3v) is 5.26. The van der Waals surface area contributed by atoms with Gasteiger partial charge in [-0.15, -0.1) is 0 Å². The van der Waals surface area contributed by atoms with E-state index >= 15 is 0 Å². The van der Waals surface area contributed by atoms with Crippen LogP contribution in [-0.4, -0.2) is 56.2 Å². The second-order valence-corrected chi connectivity index (χ2v) is 6.65. The van der Waals surface area contributed by atoms with Crippen LogP contribution in [0.3, 0.4) is 0 Å². The highest BCUT2D eigenvalue weighted by atomic mass is 16.7. The molecule has 1 saturated heterocycles. The van der Waals surface area contributed by atoms with Crippen molar-refractivity contribution in [1.82, 2.24) is 4.90 Å². The molecule has 0 bridgehead atoms. The van der Waals surface area contributed by atoms with Crippen LogP contribution in [0, 0.1) is 5.92 Å². The average Bonchev–Trinajstić information content (AvgIpc) is 2.55. The van der Waals surface area contributed by atoms with Crippen LogP contribution in [0.25, 0.3) is 0 Å². The number of likely N-dealkylation sites (tertiary alicyclic amines) is 1. The highest BCUT2D eigenvalue weighted by molar-refractivity contribution is 4.86. The first-order valence-corrected chi connectivity index (χ1v) is 9.32. The van der Waals surface area contributed by atoms with Gasteiger partial charge in [-0.2, -0.15) is 0 Å². The van der Waals surface area contributed by atoms with Gasteiger partial charge in [-0.1, -0.05) is 0 Å².